The molecule has 1 heterocycles. The zero-order valence-electron chi connectivity index (χ0n) is 10.7. The van der Waals surface area contributed by atoms with Gasteiger partial charge in [-0.15, -0.1) is 0 Å². The maximum atomic E-state index is 11.6. The molecule has 2 rings (SSSR count). The highest BCUT2D eigenvalue weighted by molar-refractivity contribution is 9.10. The first-order chi connectivity index (χ1) is 10.1. The van der Waals surface area contributed by atoms with Crippen LogP contribution in [0.3, 0.4) is 0 Å². The number of hydrogen-bond donors (Lipinski definition) is 0. The van der Waals surface area contributed by atoms with Crippen molar-refractivity contribution in [3.63, 3.8) is 0 Å². The van der Waals surface area contributed by atoms with Gasteiger partial charge in [0.15, 0.2) is 0 Å². The van der Waals surface area contributed by atoms with Crippen molar-refractivity contribution in [2.75, 3.05) is 13.2 Å². The first kappa shape index (κ1) is 15.5. The number of rotatable bonds is 6. The van der Waals surface area contributed by atoms with Gasteiger partial charge in [-0.3, -0.25) is 10.1 Å². The predicted molar refractivity (Wildman–Crippen MR) is 80.9 cm³/mol. The van der Waals surface area contributed by atoms with E-state index in [1.54, 1.807) is 12.1 Å². The van der Waals surface area contributed by atoms with Gasteiger partial charge in [-0.05, 0) is 24.3 Å². The molecule has 6 nitrogen and oxygen atoms in total. The van der Waals surface area contributed by atoms with Crippen LogP contribution in [0.1, 0.15) is 9.67 Å². The minimum Gasteiger partial charge on any atom is -0.490 e. The van der Waals surface area contributed by atoms with Crippen molar-refractivity contribution in [1.82, 2.24) is 0 Å². The molecule has 0 spiro atoms. The van der Waals surface area contributed by atoms with Crippen LogP contribution in [0.2, 0.25) is 0 Å². The maximum absolute atomic E-state index is 11.6. The van der Waals surface area contributed by atoms with Gasteiger partial charge >= 0.3 is 11.0 Å². The van der Waals surface area contributed by atoms with Crippen molar-refractivity contribution in [2.24, 2.45) is 0 Å². The SMILES string of the molecule is O=C(OCCOc1cccc(Br)c1)c1ccc([N+](=O)[O-])s1. The van der Waals surface area contributed by atoms with E-state index >= 15 is 0 Å². The molecule has 21 heavy (non-hydrogen) atoms. The van der Waals surface area contributed by atoms with E-state index in [0.717, 1.165) is 15.8 Å². The second-order valence-corrected chi connectivity index (χ2v) is 5.81. The summed E-state index contributed by atoms with van der Waals surface area (Å²) in [5, 5.41) is 10.4. The summed E-state index contributed by atoms with van der Waals surface area (Å²) in [4.78, 5) is 21.8. The molecule has 0 amide bonds. The number of nitrogens with zero attached hydrogens (tertiary/aromatic N) is 1. The number of carbonyl (C=O) groups is 1. The van der Waals surface area contributed by atoms with Crippen molar-refractivity contribution in [2.45, 2.75) is 0 Å². The normalized spacial score (nSPS) is 10.1. The third-order valence-corrected chi connectivity index (χ3v) is 3.86. The lowest BCUT2D eigenvalue weighted by atomic mass is 10.3. The number of halogens is 1. The average Bonchev–Trinajstić information content (AvgIpc) is 2.93. The minimum absolute atomic E-state index is 0.0665. The van der Waals surface area contributed by atoms with E-state index in [0.29, 0.717) is 5.75 Å². The minimum atomic E-state index is -0.592. The Bertz CT molecular complexity index is 658. The number of esters is 1. The van der Waals surface area contributed by atoms with E-state index in [1.165, 1.54) is 12.1 Å². The van der Waals surface area contributed by atoms with Gasteiger partial charge in [0.05, 0.1) is 4.92 Å². The summed E-state index contributed by atoms with van der Waals surface area (Å²) in [6, 6.07) is 9.94. The summed E-state index contributed by atoms with van der Waals surface area (Å²) in [6.07, 6.45) is 0. The van der Waals surface area contributed by atoms with Gasteiger partial charge in [0, 0.05) is 10.5 Å². The number of carbonyl (C=O) groups excluding carboxylic acids is 1. The molecule has 0 aliphatic heterocycles. The molecule has 0 fully saturated rings. The second-order valence-electron chi connectivity index (χ2n) is 3.84. The summed E-state index contributed by atoms with van der Waals surface area (Å²) >= 11 is 4.10. The van der Waals surface area contributed by atoms with Crippen LogP contribution in [-0.2, 0) is 4.74 Å². The first-order valence-electron chi connectivity index (χ1n) is 5.86. The molecule has 1 aromatic carbocycles. The van der Waals surface area contributed by atoms with Gasteiger partial charge in [-0.25, -0.2) is 4.79 Å². The third-order valence-electron chi connectivity index (χ3n) is 2.35. The van der Waals surface area contributed by atoms with E-state index < -0.39 is 10.9 Å². The van der Waals surface area contributed by atoms with Crippen LogP contribution in [0.5, 0.6) is 5.75 Å². The fraction of sp³-hybridized carbons (Fsp3) is 0.154. The van der Waals surface area contributed by atoms with Crippen LogP contribution in [0.25, 0.3) is 0 Å². The molecule has 0 unspecified atom stereocenters. The van der Waals surface area contributed by atoms with Gasteiger partial charge in [-0.1, -0.05) is 33.3 Å². The first-order valence-corrected chi connectivity index (χ1v) is 7.47. The highest BCUT2D eigenvalue weighted by Crippen LogP contribution is 2.24. The Morgan fingerprint density at radius 2 is 2.10 bits per heavy atom. The van der Waals surface area contributed by atoms with Gasteiger partial charge in [0.1, 0.15) is 23.8 Å². The van der Waals surface area contributed by atoms with E-state index in [1.807, 2.05) is 12.1 Å². The van der Waals surface area contributed by atoms with E-state index in [-0.39, 0.29) is 23.1 Å². The summed E-state index contributed by atoms with van der Waals surface area (Å²) in [7, 11) is 0. The lowest BCUT2D eigenvalue weighted by Gasteiger charge is -2.06. The Morgan fingerprint density at radius 1 is 1.29 bits per heavy atom. The Kier molecular flexibility index (Phi) is 5.29. The average molecular weight is 372 g/mol. The highest BCUT2D eigenvalue weighted by Gasteiger charge is 2.16. The van der Waals surface area contributed by atoms with Crippen LogP contribution >= 0.6 is 27.3 Å². The summed E-state index contributed by atoms with van der Waals surface area (Å²) in [5.41, 5.74) is 0. The number of thiophene rings is 1. The molecule has 0 bridgehead atoms. The molecule has 0 atom stereocenters. The van der Waals surface area contributed by atoms with Crippen molar-refractivity contribution in [3.8, 4) is 5.75 Å². The zero-order valence-corrected chi connectivity index (χ0v) is 13.1. The van der Waals surface area contributed by atoms with Crippen LogP contribution < -0.4 is 4.74 Å². The third kappa shape index (κ3) is 4.54. The molecule has 0 saturated carbocycles. The highest BCUT2D eigenvalue weighted by atomic mass is 79.9. The fourth-order valence-electron chi connectivity index (χ4n) is 1.46. The Hall–Kier alpha value is -1.93. The van der Waals surface area contributed by atoms with Crippen molar-refractivity contribution in [3.05, 3.63) is 55.9 Å². The zero-order chi connectivity index (χ0) is 15.2. The lowest BCUT2D eigenvalue weighted by Crippen LogP contribution is -2.11. The fourth-order valence-corrected chi connectivity index (χ4v) is 2.55. The van der Waals surface area contributed by atoms with Gasteiger partial charge in [0.2, 0.25) is 0 Å². The predicted octanol–water partition coefficient (Wildman–Crippen LogP) is 3.65. The van der Waals surface area contributed by atoms with Crippen molar-refractivity contribution < 1.29 is 19.2 Å². The second kappa shape index (κ2) is 7.19. The number of nitro groups is 1. The molecular formula is C13H10BrNO5S. The Balaban J connectivity index is 1.77. The van der Waals surface area contributed by atoms with Crippen LogP contribution in [0, 0.1) is 10.1 Å². The molecule has 0 N–H and O–H groups in total. The van der Waals surface area contributed by atoms with E-state index in [2.05, 4.69) is 15.9 Å². The van der Waals surface area contributed by atoms with E-state index in [9.17, 15) is 14.9 Å². The molecule has 0 radical (unpaired) electrons. The van der Waals surface area contributed by atoms with Crippen molar-refractivity contribution >= 4 is 38.2 Å². The lowest BCUT2D eigenvalue weighted by molar-refractivity contribution is -0.380. The Labute approximate surface area is 132 Å². The standard InChI is InChI=1S/C13H10BrNO5S/c14-9-2-1-3-10(8-9)19-6-7-20-13(16)11-4-5-12(21-11)15(17)18/h1-5,8H,6-7H2. The Morgan fingerprint density at radius 3 is 2.76 bits per heavy atom. The largest absolute Gasteiger partial charge is 0.490 e. The quantitative estimate of drug-likeness (QED) is 0.335. The summed E-state index contributed by atoms with van der Waals surface area (Å²) in [6.45, 7) is 0.271. The smallest absolute Gasteiger partial charge is 0.348 e. The van der Waals surface area contributed by atoms with Gasteiger partial charge in [-0.2, -0.15) is 0 Å². The number of hydrogen-bond acceptors (Lipinski definition) is 6. The van der Waals surface area contributed by atoms with Crippen LogP contribution in [0.4, 0.5) is 5.00 Å². The molecule has 1 aromatic heterocycles. The molecule has 0 saturated heterocycles. The molecule has 110 valence electrons. The molecule has 0 aliphatic rings. The summed E-state index contributed by atoms with van der Waals surface area (Å²) in [5.74, 6) is 0.0677. The summed E-state index contributed by atoms with van der Waals surface area (Å²) < 4.78 is 11.3. The molecule has 0 aliphatic carbocycles. The van der Waals surface area contributed by atoms with Gasteiger partial charge < -0.3 is 9.47 Å². The van der Waals surface area contributed by atoms with Crippen LogP contribution in [-0.4, -0.2) is 24.1 Å². The van der Waals surface area contributed by atoms with Crippen molar-refractivity contribution in [1.29, 1.82) is 0 Å². The molecular weight excluding hydrogens is 362 g/mol. The molecule has 8 heteroatoms. The topological polar surface area (TPSA) is 78.7 Å². The number of ether oxygens (including phenoxy) is 2. The number of benzene rings is 1. The maximum Gasteiger partial charge on any atom is 0.348 e. The monoisotopic (exact) mass is 371 g/mol. The van der Waals surface area contributed by atoms with Gasteiger partial charge in [0.25, 0.3) is 0 Å². The van der Waals surface area contributed by atoms with E-state index in [4.69, 9.17) is 9.47 Å². The molecule has 2 aromatic rings. The van der Waals surface area contributed by atoms with Crippen LogP contribution in [0.15, 0.2) is 40.9 Å².